The lowest BCUT2D eigenvalue weighted by molar-refractivity contribution is 0.0426. The lowest BCUT2D eigenvalue weighted by Crippen LogP contribution is -2.23. The van der Waals surface area contributed by atoms with Crippen LogP contribution >= 0.6 is 0 Å². The smallest absolute Gasteiger partial charge is 0.339 e. The highest BCUT2D eigenvalue weighted by atomic mass is 16.5. The normalized spacial score (nSPS) is 11.4. The molecule has 54 heavy (non-hydrogen) atoms. The fraction of sp³-hybridized carbons (Fsp3) is 0.783. The summed E-state index contributed by atoms with van der Waals surface area (Å²) in [7, 11) is 0. The van der Waals surface area contributed by atoms with Crippen molar-refractivity contribution in [3.63, 3.8) is 0 Å². The molecule has 0 radical (unpaired) electrons. The van der Waals surface area contributed by atoms with Crippen LogP contribution in [0.2, 0.25) is 0 Å². The van der Waals surface area contributed by atoms with Gasteiger partial charge >= 0.3 is 23.9 Å². The second kappa shape index (κ2) is 31.3. The highest BCUT2D eigenvalue weighted by Gasteiger charge is 2.32. The molecule has 1 N–H and O–H groups in total. The molecule has 0 aliphatic carbocycles. The van der Waals surface area contributed by atoms with Crippen molar-refractivity contribution in [2.75, 3.05) is 19.8 Å². The van der Waals surface area contributed by atoms with Crippen LogP contribution in [0.4, 0.5) is 0 Å². The number of carboxylic acid groups (broad SMARTS) is 1. The summed E-state index contributed by atoms with van der Waals surface area (Å²) in [6.45, 7) is 13.8. The highest BCUT2D eigenvalue weighted by Crippen LogP contribution is 2.25. The minimum Gasteiger partial charge on any atom is -0.478 e. The molecule has 0 aromatic heterocycles. The largest absolute Gasteiger partial charge is 0.478 e. The van der Waals surface area contributed by atoms with E-state index in [0.717, 1.165) is 75.5 Å². The van der Waals surface area contributed by atoms with Gasteiger partial charge in [0.05, 0.1) is 42.1 Å². The summed E-state index contributed by atoms with van der Waals surface area (Å²) in [6.07, 6.45) is 25.8. The lowest BCUT2D eigenvalue weighted by Gasteiger charge is -2.16. The van der Waals surface area contributed by atoms with Crippen molar-refractivity contribution in [3.05, 3.63) is 34.4 Å². The molecule has 1 aromatic carbocycles. The van der Waals surface area contributed by atoms with Gasteiger partial charge < -0.3 is 19.3 Å². The zero-order chi connectivity index (χ0) is 40.0. The van der Waals surface area contributed by atoms with Gasteiger partial charge in [0.1, 0.15) is 0 Å². The Morgan fingerprint density at radius 1 is 0.407 bits per heavy atom. The van der Waals surface area contributed by atoms with E-state index in [-0.39, 0.29) is 25.4 Å². The molecule has 0 aliphatic rings. The Bertz CT molecular complexity index is 1170. The van der Waals surface area contributed by atoms with Crippen LogP contribution in [0.1, 0.15) is 237 Å². The first kappa shape index (κ1) is 49.1. The molecule has 8 nitrogen and oxygen atoms in total. The summed E-state index contributed by atoms with van der Waals surface area (Å²) in [5, 5.41) is 10.0. The van der Waals surface area contributed by atoms with E-state index in [0.29, 0.717) is 19.3 Å². The Morgan fingerprint density at radius 2 is 0.667 bits per heavy atom. The average molecular weight is 759 g/mol. The summed E-state index contributed by atoms with van der Waals surface area (Å²) in [5.41, 5.74) is -1.43. The van der Waals surface area contributed by atoms with E-state index < -0.39 is 40.6 Å². The first-order chi connectivity index (χ1) is 26.0. The first-order valence-electron chi connectivity index (χ1n) is 21.9. The Kier molecular flexibility index (Phi) is 28.5. The minimum absolute atomic E-state index is 0.0869. The molecule has 1 aromatic rings. The number of ether oxygens (including phenoxy) is 3. The predicted molar refractivity (Wildman–Crippen MR) is 220 cm³/mol. The Hall–Kier alpha value is -2.90. The summed E-state index contributed by atoms with van der Waals surface area (Å²) in [6, 6.07) is 2.42. The minimum atomic E-state index is -1.40. The van der Waals surface area contributed by atoms with E-state index in [9.17, 15) is 24.3 Å². The molecular weight excluding hydrogens is 680 g/mol. The number of rotatable bonds is 34. The third-order valence-electron chi connectivity index (χ3n) is 10.0. The van der Waals surface area contributed by atoms with Gasteiger partial charge in [-0.05, 0) is 49.1 Å². The number of carboxylic acids is 1. The Balaban J connectivity index is 2.87. The Labute approximate surface area is 329 Å². The lowest BCUT2D eigenvalue weighted by atomic mass is 9.95. The van der Waals surface area contributed by atoms with E-state index >= 15 is 0 Å². The van der Waals surface area contributed by atoms with Crippen molar-refractivity contribution < 1.29 is 38.5 Å². The van der Waals surface area contributed by atoms with Crippen LogP contribution in [0.15, 0.2) is 12.1 Å². The number of carbonyl (C=O) groups excluding carboxylic acids is 3. The molecular formula is C46H78O8. The molecule has 0 saturated heterocycles. The molecule has 0 saturated carbocycles. The number of unbranched alkanes of at least 4 members (excludes halogenated alkanes) is 18. The maximum absolute atomic E-state index is 13.6. The van der Waals surface area contributed by atoms with Gasteiger partial charge in [-0.1, -0.05) is 176 Å². The monoisotopic (exact) mass is 759 g/mol. The summed E-state index contributed by atoms with van der Waals surface area (Å²) in [5.74, 6) is -1.85. The van der Waals surface area contributed by atoms with Gasteiger partial charge in [0.2, 0.25) is 0 Å². The number of esters is 3. The SMILES string of the molecule is CC(C)CCCCCCCCCOC(=O)c1ccc(C(=O)O)c(C(=O)OCCCCCCCCCC(C)C)c1C(=O)OCCCCCCCCCC(C)C. The van der Waals surface area contributed by atoms with Gasteiger partial charge in [-0.25, -0.2) is 19.2 Å². The van der Waals surface area contributed by atoms with E-state index in [1.165, 1.54) is 89.2 Å². The number of benzene rings is 1. The van der Waals surface area contributed by atoms with Gasteiger partial charge in [0.25, 0.3) is 0 Å². The summed E-state index contributed by atoms with van der Waals surface area (Å²) >= 11 is 0. The molecule has 310 valence electrons. The number of carbonyl (C=O) groups is 4. The van der Waals surface area contributed by atoms with Crippen LogP contribution in [-0.2, 0) is 14.2 Å². The molecule has 0 atom stereocenters. The third-order valence-corrected chi connectivity index (χ3v) is 10.0. The summed E-state index contributed by atoms with van der Waals surface area (Å²) < 4.78 is 16.7. The van der Waals surface area contributed by atoms with Crippen molar-refractivity contribution in [2.24, 2.45) is 17.8 Å². The molecule has 0 amide bonds. The van der Waals surface area contributed by atoms with Crippen molar-refractivity contribution >= 4 is 23.9 Å². The molecule has 0 heterocycles. The fourth-order valence-corrected chi connectivity index (χ4v) is 6.71. The quantitative estimate of drug-likeness (QED) is 0.0419. The zero-order valence-electron chi connectivity index (χ0n) is 35.3. The van der Waals surface area contributed by atoms with Crippen LogP contribution in [0.5, 0.6) is 0 Å². The van der Waals surface area contributed by atoms with E-state index in [4.69, 9.17) is 14.2 Å². The predicted octanol–water partition coefficient (Wildman–Crippen LogP) is 13.2. The average Bonchev–Trinajstić information content (AvgIpc) is 3.12. The van der Waals surface area contributed by atoms with Crippen molar-refractivity contribution in [1.29, 1.82) is 0 Å². The van der Waals surface area contributed by atoms with Crippen LogP contribution < -0.4 is 0 Å². The van der Waals surface area contributed by atoms with Gasteiger partial charge in [-0.3, -0.25) is 0 Å². The summed E-state index contributed by atoms with van der Waals surface area (Å²) in [4.78, 5) is 52.8. The molecule has 1 rings (SSSR count). The highest BCUT2D eigenvalue weighted by molar-refractivity contribution is 6.14. The molecule has 0 unspecified atom stereocenters. The standard InChI is InChI=1S/C46H78O8/c1-36(2)28-22-16-10-7-13-19-25-33-52-44(49)40-32-31-39(43(47)48)41(45(50)53-34-26-20-14-8-11-17-23-29-37(3)4)42(40)46(51)54-35-27-21-15-9-12-18-24-30-38(5)6/h31-32,36-38H,7-30,33-35H2,1-6H3,(H,47,48). The van der Waals surface area contributed by atoms with E-state index in [2.05, 4.69) is 41.5 Å². The van der Waals surface area contributed by atoms with E-state index in [1.807, 2.05) is 0 Å². The van der Waals surface area contributed by atoms with Crippen LogP contribution in [0.25, 0.3) is 0 Å². The van der Waals surface area contributed by atoms with Gasteiger partial charge in [-0.15, -0.1) is 0 Å². The molecule has 0 bridgehead atoms. The van der Waals surface area contributed by atoms with Crippen LogP contribution in [-0.4, -0.2) is 48.8 Å². The molecule has 8 heteroatoms. The van der Waals surface area contributed by atoms with Gasteiger partial charge in [0.15, 0.2) is 0 Å². The number of hydrogen-bond donors (Lipinski definition) is 1. The fourth-order valence-electron chi connectivity index (χ4n) is 6.71. The maximum Gasteiger partial charge on any atom is 0.339 e. The first-order valence-corrected chi connectivity index (χ1v) is 21.9. The van der Waals surface area contributed by atoms with Crippen LogP contribution in [0, 0.1) is 17.8 Å². The molecule has 0 aliphatic heterocycles. The molecule has 0 fully saturated rings. The van der Waals surface area contributed by atoms with E-state index in [1.54, 1.807) is 0 Å². The maximum atomic E-state index is 13.6. The van der Waals surface area contributed by atoms with Crippen molar-refractivity contribution in [2.45, 2.75) is 196 Å². The second-order valence-corrected chi connectivity index (χ2v) is 16.6. The van der Waals surface area contributed by atoms with Gasteiger partial charge in [0, 0.05) is 0 Å². The number of hydrogen-bond acceptors (Lipinski definition) is 7. The van der Waals surface area contributed by atoms with Crippen molar-refractivity contribution in [3.8, 4) is 0 Å². The number of aromatic carboxylic acids is 1. The van der Waals surface area contributed by atoms with Gasteiger partial charge in [-0.2, -0.15) is 0 Å². The zero-order valence-corrected chi connectivity index (χ0v) is 35.3. The third kappa shape index (κ3) is 23.8. The van der Waals surface area contributed by atoms with Crippen LogP contribution in [0.3, 0.4) is 0 Å². The molecule has 0 spiro atoms. The Morgan fingerprint density at radius 3 is 0.981 bits per heavy atom. The topological polar surface area (TPSA) is 116 Å². The van der Waals surface area contributed by atoms with Crippen molar-refractivity contribution in [1.82, 2.24) is 0 Å². The second-order valence-electron chi connectivity index (χ2n) is 16.6.